The Labute approximate surface area is 187 Å². The van der Waals surface area contributed by atoms with E-state index in [1.165, 1.54) is 20.3 Å². The van der Waals surface area contributed by atoms with Crippen LogP contribution in [-0.4, -0.2) is 51.0 Å². The van der Waals surface area contributed by atoms with Gasteiger partial charge in [0.1, 0.15) is 23.1 Å². The van der Waals surface area contributed by atoms with E-state index in [1.807, 2.05) is 30.6 Å². The molecule has 0 saturated heterocycles. The molecule has 0 atom stereocenters. The molecule has 1 aromatic carbocycles. The van der Waals surface area contributed by atoms with Crippen LogP contribution in [0.25, 0.3) is 6.08 Å². The number of methoxy groups -OCH3 is 3. The monoisotopic (exact) mass is 441 g/mol. The Morgan fingerprint density at radius 3 is 2.53 bits per heavy atom. The maximum absolute atomic E-state index is 12.4. The van der Waals surface area contributed by atoms with E-state index in [9.17, 15) is 14.9 Å². The summed E-state index contributed by atoms with van der Waals surface area (Å²) in [5, 5.41) is 12.0. The van der Waals surface area contributed by atoms with Crippen molar-refractivity contribution in [2.24, 2.45) is 0 Å². The highest BCUT2D eigenvalue weighted by molar-refractivity contribution is 6.00. The fraction of sp³-hybridized carbons (Fsp3) is 0.348. The predicted octanol–water partition coefficient (Wildman–Crippen LogP) is 2.86. The molecule has 9 heteroatoms. The fourth-order valence-corrected chi connectivity index (χ4v) is 3.10. The quantitative estimate of drug-likeness (QED) is 0.343. The van der Waals surface area contributed by atoms with Crippen LogP contribution in [-0.2, 0) is 25.6 Å². The molecule has 1 heterocycles. The first-order valence-corrected chi connectivity index (χ1v) is 9.81. The summed E-state index contributed by atoms with van der Waals surface area (Å²) in [6, 6.07) is 8.62. The third kappa shape index (κ3) is 6.12. The van der Waals surface area contributed by atoms with Crippen LogP contribution < -0.4 is 14.8 Å². The molecule has 0 spiro atoms. The molecule has 0 unspecified atom stereocenters. The third-order valence-corrected chi connectivity index (χ3v) is 4.79. The van der Waals surface area contributed by atoms with Gasteiger partial charge in [-0.3, -0.25) is 4.79 Å². The van der Waals surface area contributed by atoms with Crippen molar-refractivity contribution in [1.29, 1.82) is 5.26 Å². The lowest BCUT2D eigenvalue weighted by Crippen LogP contribution is -2.21. The molecule has 1 N–H and O–H groups in total. The molecule has 0 bridgehead atoms. The van der Waals surface area contributed by atoms with Crippen molar-refractivity contribution in [2.75, 3.05) is 39.9 Å². The molecule has 170 valence electrons. The van der Waals surface area contributed by atoms with Crippen LogP contribution in [0.1, 0.15) is 17.0 Å². The van der Waals surface area contributed by atoms with Gasteiger partial charge in [-0.05, 0) is 43.7 Å². The SMILES string of the molecule is COCCn1c(C)cc(/C=C(\C#N)C(=O)OCC(=O)Nc2cc(OC)ccc2OC)c1C. The summed E-state index contributed by atoms with van der Waals surface area (Å²) in [6.07, 6.45) is 1.46. The summed E-state index contributed by atoms with van der Waals surface area (Å²) in [5.74, 6) is -0.523. The number of hydrogen-bond acceptors (Lipinski definition) is 7. The standard InChI is InChI=1S/C23H27N3O6/c1-15-10-17(16(2)26(15)8-9-29-3)11-18(13-24)23(28)32-14-22(27)25-20-12-19(30-4)6-7-21(20)31-5/h6-7,10-12H,8-9,14H2,1-5H3,(H,25,27)/b18-11+. The number of nitriles is 1. The molecular formula is C23H27N3O6. The minimum atomic E-state index is -0.887. The Hall–Kier alpha value is -3.77. The molecule has 0 aliphatic carbocycles. The number of anilines is 1. The molecular weight excluding hydrogens is 414 g/mol. The lowest BCUT2D eigenvalue weighted by atomic mass is 10.1. The van der Waals surface area contributed by atoms with Crippen molar-refractivity contribution in [3.8, 4) is 17.6 Å². The van der Waals surface area contributed by atoms with Crippen LogP contribution in [0.3, 0.4) is 0 Å². The number of nitrogens with one attached hydrogen (secondary N) is 1. The molecule has 1 amide bonds. The maximum Gasteiger partial charge on any atom is 0.349 e. The molecule has 0 aliphatic heterocycles. The molecule has 1 aromatic heterocycles. The molecule has 32 heavy (non-hydrogen) atoms. The minimum Gasteiger partial charge on any atom is -0.497 e. The summed E-state index contributed by atoms with van der Waals surface area (Å²) >= 11 is 0. The van der Waals surface area contributed by atoms with E-state index in [-0.39, 0.29) is 5.57 Å². The highest BCUT2D eigenvalue weighted by Crippen LogP contribution is 2.28. The summed E-state index contributed by atoms with van der Waals surface area (Å²) in [5.41, 5.74) is 2.75. The van der Waals surface area contributed by atoms with Crippen molar-refractivity contribution in [1.82, 2.24) is 4.57 Å². The number of amides is 1. The van der Waals surface area contributed by atoms with Gasteiger partial charge >= 0.3 is 5.97 Å². The summed E-state index contributed by atoms with van der Waals surface area (Å²) in [7, 11) is 4.59. The van der Waals surface area contributed by atoms with Gasteiger partial charge in [-0.1, -0.05) is 0 Å². The highest BCUT2D eigenvalue weighted by Gasteiger charge is 2.16. The number of rotatable bonds is 10. The average Bonchev–Trinajstić information content (AvgIpc) is 3.06. The second-order valence-electron chi connectivity index (χ2n) is 6.83. The number of nitrogens with zero attached hydrogens (tertiary/aromatic N) is 2. The summed E-state index contributed by atoms with van der Waals surface area (Å²) in [6.45, 7) is 4.46. The summed E-state index contributed by atoms with van der Waals surface area (Å²) in [4.78, 5) is 24.6. The van der Waals surface area contributed by atoms with E-state index < -0.39 is 18.5 Å². The Bertz CT molecular complexity index is 1050. The first kappa shape index (κ1) is 24.5. The molecule has 0 fully saturated rings. The normalized spacial score (nSPS) is 10.9. The lowest BCUT2D eigenvalue weighted by molar-refractivity contribution is -0.142. The molecule has 0 aliphatic rings. The smallest absolute Gasteiger partial charge is 0.349 e. The minimum absolute atomic E-state index is 0.205. The van der Waals surface area contributed by atoms with Crippen molar-refractivity contribution < 1.29 is 28.5 Å². The number of aryl methyl sites for hydroxylation is 1. The zero-order valence-corrected chi connectivity index (χ0v) is 18.9. The number of ether oxygens (including phenoxy) is 4. The van der Waals surface area contributed by atoms with Crippen molar-refractivity contribution in [3.05, 3.63) is 46.8 Å². The molecule has 0 radical (unpaired) electrons. The van der Waals surface area contributed by atoms with Crippen molar-refractivity contribution in [2.45, 2.75) is 20.4 Å². The summed E-state index contributed by atoms with van der Waals surface area (Å²) < 4.78 is 22.5. The van der Waals surface area contributed by atoms with Gasteiger partial charge in [0.15, 0.2) is 6.61 Å². The Morgan fingerprint density at radius 2 is 1.91 bits per heavy atom. The third-order valence-electron chi connectivity index (χ3n) is 4.79. The van der Waals surface area contributed by atoms with E-state index in [2.05, 4.69) is 5.32 Å². The Balaban J connectivity index is 2.07. The van der Waals surface area contributed by atoms with E-state index >= 15 is 0 Å². The Morgan fingerprint density at radius 1 is 1.16 bits per heavy atom. The van der Waals surface area contributed by atoms with E-state index in [4.69, 9.17) is 18.9 Å². The molecule has 2 aromatic rings. The van der Waals surface area contributed by atoms with Crippen LogP contribution in [0, 0.1) is 25.2 Å². The number of carbonyl (C=O) groups excluding carboxylic acids is 2. The van der Waals surface area contributed by atoms with Crippen LogP contribution >= 0.6 is 0 Å². The lowest BCUT2D eigenvalue weighted by Gasteiger charge is -2.12. The maximum atomic E-state index is 12.4. The number of carbonyl (C=O) groups is 2. The van der Waals surface area contributed by atoms with Crippen LogP contribution in [0.2, 0.25) is 0 Å². The van der Waals surface area contributed by atoms with Crippen molar-refractivity contribution in [3.63, 3.8) is 0 Å². The zero-order valence-electron chi connectivity index (χ0n) is 18.9. The predicted molar refractivity (Wildman–Crippen MR) is 119 cm³/mol. The first-order chi connectivity index (χ1) is 15.3. The Kier molecular flexibility index (Phi) is 8.86. The van der Waals surface area contributed by atoms with Gasteiger partial charge in [0.2, 0.25) is 0 Å². The first-order valence-electron chi connectivity index (χ1n) is 9.81. The molecule has 2 rings (SSSR count). The van der Waals surface area contributed by atoms with E-state index in [0.29, 0.717) is 30.3 Å². The van der Waals surface area contributed by atoms with Gasteiger partial charge in [-0.2, -0.15) is 5.26 Å². The number of hydrogen-bond donors (Lipinski definition) is 1. The molecule has 0 saturated carbocycles. The average molecular weight is 441 g/mol. The van der Waals surface area contributed by atoms with Gasteiger partial charge in [-0.15, -0.1) is 0 Å². The number of aromatic nitrogens is 1. The van der Waals surface area contributed by atoms with Gasteiger partial charge in [0.25, 0.3) is 5.91 Å². The number of esters is 1. The number of benzene rings is 1. The van der Waals surface area contributed by atoms with Gasteiger partial charge in [0, 0.05) is 31.1 Å². The van der Waals surface area contributed by atoms with Crippen molar-refractivity contribution >= 4 is 23.6 Å². The largest absolute Gasteiger partial charge is 0.497 e. The van der Waals surface area contributed by atoms with Gasteiger partial charge in [0.05, 0.1) is 26.5 Å². The second kappa shape index (κ2) is 11.6. The fourth-order valence-electron chi connectivity index (χ4n) is 3.10. The topological polar surface area (TPSA) is 112 Å². The highest BCUT2D eigenvalue weighted by atomic mass is 16.5. The van der Waals surface area contributed by atoms with Gasteiger partial charge in [-0.25, -0.2) is 4.79 Å². The second-order valence-corrected chi connectivity index (χ2v) is 6.83. The van der Waals surface area contributed by atoms with Gasteiger partial charge < -0.3 is 28.8 Å². The van der Waals surface area contributed by atoms with Crippen LogP contribution in [0.15, 0.2) is 29.8 Å². The van der Waals surface area contributed by atoms with Crippen LogP contribution in [0.4, 0.5) is 5.69 Å². The zero-order chi connectivity index (χ0) is 23.7. The van der Waals surface area contributed by atoms with E-state index in [1.54, 1.807) is 25.3 Å². The van der Waals surface area contributed by atoms with E-state index in [0.717, 1.165) is 17.0 Å². The molecule has 9 nitrogen and oxygen atoms in total. The van der Waals surface area contributed by atoms with Crippen LogP contribution in [0.5, 0.6) is 11.5 Å².